The first-order valence-electron chi connectivity index (χ1n) is 5.99. The van der Waals surface area contributed by atoms with Gasteiger partial charge in [0, 0.05) is 12.0 Å². The molecule has 0 bridgehead atoms. The predicted octanol–water partition coefficient (Wildman–Crippen LogP) is 2.00. The van der Waals surface area contributed by atoms with Crippen molar-refractivity contribution < 1.29 is 28.9 Å². The van der Waals surface area contributed by atoms with Crippen molar-refractivity contribution in [2.45, 2.75) is 25.6 Å². The second-order valence-electron chi connectivity index (χ2n) is 4.34. The SMILES string of the molecule is CC(F)c1cc2c(cc1C(O)C(=O)O)OCCCO2. The van der Waals surface area contributed by atoms with Crippen LogP contribution in [0.1, 0.15) is 36.7 Å². The molecule has 1 aromatic rings. The van der Waals surface area contributed by atoms with E-state index in [4.69, 9.17) is 14.6 Å². The molecular formula is C13H15FO5. The van der Waals surface area contributed by atoms with Crippen molar-refractivity contribution in [1.82, 2.24) is 0 Å². The Hall–Kier alpha value is -1.82. The minimum atomic E-state index is -1.79. The lowest BCUT2D eigenvalue weighted by molar-refractivity contribution is -0.147. The van der Waals surface area contributed by atoms with Gasteiger partial charge in [-0.1, -0.05) is 0 Å². The van der Waals surface area contributed by atoms with Crippen molar-refractivity contribution in [3.63, 3.8) is 0 Å². The van der Waals surface area contributed by atoms with Crippen molar-refractivity contribution >= 4 is 5.97 Å². The Kier molecular flexibility index (Phi) is 3.90. The number of rotatable bonds is 3. The lowest BCUT2D eigenvalue weighted by Crippen LogP contribution is -2.13. The van der Waals surface area contributed by atoms with Crippen LogP contribution in [0.2, 0.25) is 0 Å². The highest BCUT2D eigenvalue weighted by atomic mass is 19.1. The van der Waals surface area contributed by atoms with E-state index in [2.05, 4.69) is 0 Å². The number of ether oxygens (including phenoxy) is 2. The molecule has 104 valence electrons. The minimum Gasteiger partial charge on any atom is -0.490 e. The van der Waals surface area contributed by atoms with Crippen LogP contribution in [0.25, 0.3) is 0 Å². The standard InChI is InChI=1S/C13H15FO5/c1-7(14)8-5-10-11(19-4-2-3-18-10)6-9(8)12(15)13(16)17/h5-7,12,15H,2-4H2,1H3,(H,16,17). The molecule has 0 saturated heterocycles. The fraction of sp³-hybridized carbons (Fsp3) is 0.462. The number of aliphatic hydroxyl groups is 1. The molecule has 0 amide bonds. The summed E-state index contributed by atoms with van der Waals surface area (Å²) in [6.45, 7) is 2.16. The Morgan fingerprint density at radius 1 is 1.26 bits per heavy atom. The molecule has 0 aromatic heterocycles. The summed E-state index contributed by atoms with van der Waals surface area (Å²) in [5.74, 6) is -0.730. The molecule has 0 spiro atoms. The fourth-order valence-corrected chi connectivity index (χ4v) is 1.95. The van der Waals surface area contributed by atoms with E-state index in [1.54, 1.807) is 0 Å². The van der Waals surface area contributed by atoms with Gasteiger partial charge in [-0.25, -0.2) is 9.18 Å². The second kappa shape index (κ2) is 5.44. The third-order valence-corrected chi connectivity index (χ3v) is 2.91. The highest BCUT2D eigenvalue weighted by molar-refractivity contribution is 5.75. The van der Waals surface area contributed by atoms with Crippen LogP contribution in [0, 0.1) is 0 Å². The number of hydrogen-bond donors (Lipinski definition) is 2. The number of benzene rings is 1. The Morgan fingerprint density at radius 3 is 2.26 bits per heavy atom. The second-order valence-corrected chi connectivity index (χ2v) is 4.34. The zero-order valence-electron chi connectivity index (χ0n) is 10.4. The van der Waals surface area contributed by atoms with Gasteiger partial charge in [0.2, 0.25) is 0 Å². The molecule has 0 saturated carbocycles. The van der Waals surface area contributed by atoms with Gasteiger partial charge in [-0.3, -0.25) is 0 Å². The topological polar surface area (TPSA) is 76.0 Å². The zero-order chi connectivity index (χ0) is 14.0. The van der Waals surface area contributed by atoms with Gasteiger partial charge in [-0.15, -0.1) is 0 Å². The Morgan fingerprint density at radius 2 is 1.79 bits per heavy atom. The van der Waals surface area contributed by atoms with E-state index in [0.29, 0.717) is 31.1 Å². The molecule has 0 radical (unpaired) electrons. The van der Waals surface area contributed by atoms with Crippen molar-refractivity contribution in [1.29, 1.82) is 0 Å². The first-order chi connectivity index (χ1) is 9.00. The summed E-state index contributed by atoms with van der Waals surface area (Å²) < 4.78 is 24.4. The summed E-state index contributed by atoms with van der Waals surface area (Å²) in [5.41, 5.74) is 0.0888. The van der Waals surface area contributed by atoms with E-state index in [9.17, 15) is 14.3 Å². The summed E-state index contributed by atoms with van der Waals surface area (Å²) >= 11 is 0. The van der Waals surface area contributed by atoms with Gasteiger partial charge in [0.15, 0.2) is 17.6 Å². The lowest BCUT2D eigenvalue weighted by Gasteiger charge is -2.17. The summed E-state index contributed by atoms with van der Waals surface area (Å²) in [5, 5.41) is 18.5. The minimum absolute atomic E-state index is 0.00764. The zero-order valence-corrected chi connectivity index (χ0v) is 10.4. The molecule has 19 heavy (non-hydrogen) atoms. The first kappa shape index (κ1) is 13.6. The van der Waals surface area contributed by atoms with Crippen molar-refractivity contribution in [2.24, 2.45) is 0 Å². The quantitative estimate of drug-likeness (QED) is 0.878. The highest BCUT2D eigenvalue weighted by Crippen LogP contribution is 2.38. The summed E-state index contributed by atoms with van der Waals surface area (Å²) in [6.07, 6.45) is -2.52. The average Bonchev–Trinajstić information content (AvgIpc) is 2.60. The predicted molar refractivity (Wildman–Crippen MR) is 64.2 cm³/mol. The van der Waals surface area contributed by atoms with Gasteiger partial charge in [0.1, 0.15) is 6.17 Å². The molecule has 2 rings (SSSR count). The maximum atomic E-state index is 13.6. The number of aliphatic hydroxyl groups excluding tert-OH is 1. The third-order valence-electron chi connectivity index (χ3n) is 2.91. The lowest BCUT2D eigenvalue weighted by atomic mass is 9.98. The normalized spacial score (nSPS) is 17.4. The van der Waals surface area contributed by atoms with Gasteiger partial charge < -0.3 is 19.7 Å². The van der Waals surface area contributed by atoms with Gasteiger partial charge in [-0.05, 0) is 24.6 Å². The Balaban J connectivity index is 2.51. The van der Waals surface area contributed by atoms with Crippen molar-refractivity contribution in [3.05, 3.63) is 23.3 Å². The molecule has 2 atom stereocenters. The van der Waals surface area contributed by atoms with E-state index in [-0.39, 0.29) is 11.1 Å². The summed E-state index contributed by atoms with van der Waals surface area (Å²) in [4.78, 5) is 10.9. The number of aliphatic carboxylic acids is 1. The Labute approximate surface area is 109 Å². The van der Waals surface area contributed by atoms with Crippen LogP contribution >= 0.6 is 0 Å². The molecule has 1 aromatic carbocycles. The number of carboxylic acids is 1. The van der Waals surface area contributed by atoms with E-state index in [1.165, 1.54) is 19.1 Å². The van der Waals surface area contributed by atoms with E-state index in [0.717, 1.165) is 0 Å². The van der Waals surface area contributed by atoms with Crippen molar-refractivity contribution in [3.8, 4) is 11.5 Å². The molecule has 0 fully saturated rings. The van der Waals surface area contributed by atoms with Gasteiger partial charge in [0.05, 0.1) is 13.2 Å². The van der Waals surface area contributed by atoms with Crippen LogP contribution in [0.15, 0.2) is 12.1 Å². The van der Waals surface area contributed by atoms with Crippen LogP contribution in [0.3, 0.4) is 0 Å². The van der Waals surface area contributed by atoms with Crippen LogP contribution in [-0.2, 0) is 4.79 Å². The van der Waals surface area contributed by atoms with E-state index < -0.39 is 18.2 Å². The molecule has 1 heterocycles. The van der Waals surface area contributed by atoms with Gasteiger partial charge in [-0.2, -0.15) is 0 Å². The molecule has 5 nitrogen and oxygen atoms in total. The Bertz CT molecular complexity index is 486. The summed E-state index contributed by atoms with van der Waals surface area (Å²) in [6, 6.07) is 2.73. The molecular weight excluding hydrogens is 255 g/mol. The highest BCUT2D eigenvalue weighted by Gasteiger charge is 2.25. The van der Waals surface area contributed by atoms with Crippen LogP contribution in [0.4, 0.5) is 4.39 Å². The molecule has 6 heteroatoms. The average molecular weight is 270 g/mol. The molecule has 2 N–H and O–H groups in total. The van der Waals surface area contributed by atoms with E-state index in [1.807, 2.05) is 0 Å². The van der Waals surface area contributed by atoms with Crippen molar-refractivity contribution in [2.75, 3.05) is 13.2 Å². The molecule has 1 aliphatic rings. The largest absolute Gasteiger partial charge is 0.490 e. The van der Waals surface area contributed by atoms with Crippen LogP contribution in [0.5, 0.6) is 11.5 Å². The number of carbonyl (C=O) groups is 1. The fourth-order valence-electron chi connectivity index (χ4n) is 1.95. The van der Waals surface area contributed by atoms with Gasteiger partial charge in [0.25, 0.3) is 0 Å². The molecule has 2 unspecified atom stereocenters. The van der Waals surface area contributed by atoms with E-state index >= 15 is 0 Å². The third kappa shape index (κ3) is 2.78. The molecule has 0 aliphatic carbocycles. The number of carboxylic acid groups (broad SMARTS) is 1. The number of hydrogen-bond acceptors (Lipinski definition) is 4. The van der Waals surface area contributed by atoms with Crippen LogP contribution in [-0.4, -0.2) is 29.4 Å². The first-order valence-corrected chi connectivity index (χ1v) is 5.99. The number of halogens is 1. The number of alkyl halides is 1. The number of fused-ring (bicyclic) bond motifs is 1. The molecule has 1 aliphatic heterocycles. The van der Waals surface area contributed by atoms with Crippen LogP contribution < -0.4 is 9.47 Å². The summed E-state index contributed by atoms with van der Waals surface area (Å²) in [7, 11) is 0. The maximum absolute atomic E-state index is 13.6. The van der Waals surface area contributed by atoms with Gasteiger partial charge >= 0.3 is 5.97 Å². The maximum Gasteiger partial charge on any atom is 0.337 e. The monoisotopic (exact) mass is 270 g/mol. The smallest absolute Gasteiger partial charge is 0.337 e.